The zero-order valence-corrected chi connectivity index (χ0v) is 14.2. The van der Waals surface area contributed by atoms with E-state index in [2.05, 4.69) is 41.8 Å². The van der Waals surface area contributed by atoms with Gasteiger partial charge < -0.3 is 15.4 Å². The monoisotopic (exact) mass is 338 g/mol. The predicted molar refractivity (Wildman–Crippen MR) is 96.6 cm³/mol. The lowest BCUT2D eigenvalue weighted by Gasteiger charge is -2.25. The highest BCUT2D eigenvalue weighted by atomic mass is 16.5. The molecule has 0 radical (unpaired) electrons. The molecule has 1 heterocycles. The molecular weight excluding hydrogens is 316 g/mol. The molecule has 5 heteroatoms. The first kappa shape index (κ1) is 17.0. The minimum Gasteiger partial charge on any atom is -0.477 e. The maximum Gasteiger partial charge on any atom is 0.267 e. The van der Waals surface area contributed by atoms with Crippen LogP contribution in [-0.2, 0) is 22.4 Å². The third-order valence-corrected chi connectivity index (χ3v) is 4.26. The van der Waals surface area contributed by atoms with Gasteiger partial charge in [0.1, 0.15) is 5.75 Å². The molecule has 25 heavy (non-hydrogen) atoms. The quantitative estimate of drug-likeness (QED) is 0.851. The van der Waals surface area contributed by atoms with E-state index in [0.29, 0.717) is 24.3 Å². The Bertz CT molecular complexity index is 756. The number of fused-ring (bicyclic) bond motifs is 1. The molecule has 1 aliphatic heterocycles. The molecular formula is C20H22N2O3. The number of amides is 2. The van der Waals surface area contributed by atoms with Crippen molar-refractivity contribution < 1.29 is 14.3 Å². The number of rotatable bonds is 6. The van der Waals surface area contributed by atoms with Crippen LogP contribution in [-0.4, -0.2) is 24.5 Å². The van der Waals surface area contributed by atoms with E-state index in [9.17, 15) is 9.59 Å². The molecule has 2 aromatic rings. The number of aryl methyl sites for hydroxylation is 2. The highest BCUT2D eigenvalue weighted by Crippen LogP contribution is 2.28. The van der Waals surface area contributed by atoms with Crippen LogP contribution in [0.5, 0.6) is 5.75 Å². The van der Waals surface area contributed by atoms with Crippen LogP contribution in [0, 0.1) is 0 Å². The van der Waals surface area contributed by atoms with E-state index < -0.39 is 6.10 Å². The first-order valence-corrected chi connectivity index (χ1v) is 8.57. The molecule has 3 rings (SSSR count). The number of benzene rings is 2. The second-order valence-corrected chi connectivity index (χ2v) is 6.07. The maximum absolute atomic E-state index is 12.0. The lowest BCUT2D eigenvalue weighted by molar-refractivity contribution is -0.125. The van der Waals surface area contributed by atoms with E-state index in [1.165, 1.54) is 5.56 Å². The summed E-state index contributed by atoms with van der Waals surface area (Å²) in [5, 5.41) is 5.57. The number of anilines is 1. The van der Waals surface area contributed by atoms with E-state index in [1.54, 1.807) is 12.1 Å². The number of carbonyl (C=O) groups is 2. The van der Waals surface area contributed by atoms with Gasteiger partial charge >= 0.3 is 0 Å². The molecule has 0 saturated heterocycles. The van der Waals surface area contributed by atoms with Crippen molar-refractivity contribution in [1.29, 1.82) is 0 Å². The Labute approximate surface area is 147 Å². The first-order valence-electron chi connectivity index (χ1n) is 8.57. The van der Waals surface area contributed by atoms with Crippen LogP contribution in [0.4, 0.5) is 5.69 Å². The topological polar surface area (TPSA) is 67.4 Å². The normalized spacial score (nSPS) is 15.7. The summed E-state index contributed by atoms with van der Waals surface area (Å²) in [6, 6.07) is 15.5. The number of nitrogens with one attached hydrogen (secondary N) is 2. The molecule has 0 spiro atoms. The van der Waals surface area contributed by atoms with Gasteiger partial charge in [-0.3, -0.25) is 9.59 Å². The molecule has 2 N–H and O–H groups in total. The van der Waals surface area contributed by atoms with Crippen molar-refractivity contribution in [1.82, 2.24) is 5.32 Å². The van der Waals surface area contributed by atoms with Gasteiger partial charge in [-0.15, -0.1) is 0 Å². The van der Waals surface area contributed by atoms with Gasteiger partial charge in [-0.2, -0.15) is 0 Å². The number of hydrogen-bond donors (Lipinski definition) is 2. The van der Waals surface area contributed by atoms with Crippen LogP contribution in [0.15, 0.2) is 48.5 Å². The Balaban J connectivity index is 1.46. The van der Waals surface area contributed by atoms with Crippen LogP contribution in [0.3, 0.4) is 0 Å². The van der Waals surface area contributed by atoms with Crippen LogP contribution < -0.4 is 15.4 Å². The van der Waals surface area contributed by atoms with E-state index in [0.717, 1.165) is 12.0 Å². The van der Waals surface area contributed by atoms with Crippen LogP contribution in [0.2, 0.25) is 0 Å². The average Bonchev–Trinajstić information content (AvgIpc) is 2.65. The van der Waals surface area contributed by atoms with Crippen molar-refractivity contribution >= 4 is 17.5 Å². The molecule has 0 fully saturated rings. The summed E-state index contributed by atoms with van der Waals surface area (Å²) in [5.41, 5.74) is 3.08. The first-order chi connectivity index (χ1) is 12.2. The molecule has 0 aromatic heterocycles. The molecule has 0 aliphatic carbocycles. The van der Waals surface area contributed by atoms with Crippen molar-refractivity contribution in [3.05, 3.63) is 59.7 Å². The van der Waals surface area contributed by atoms with Crippen LogP contribution in [0.1, 0.15) is 24.5 Å². The molecule has 1 unspecified atom stereocenters. The van der Waals surface area contributed by atoms with Crippen molar-refractivity contribution in [2.45, 2.75) is 32.3 Å². The second-order valence-electron chi connectivity index (χ2n) is 6.07. The summed E-state index contributed by atoms with van der Waals surface area (Å²) in [7, 11) is 0. The van der Waals surface area contributed by atoms with Crippen molar-refractivity contribution in [2.24, 2.45) is 0 Å². The molecule has 2 amide bonds. The minimum absolute atomic E-state index is 0.0881. The van der Waals surface area contributed by atoms with Gasteiger partial charge in [0.25, 0.3) is 5.91 Å². The highest BCUT2D eigenvalue weighted by molar-refractivity contribution is 5.98. The standard InChI is InChI=1S/C20H22N2O3/c1-2-14-7-9-15(10-8-14)11-12-19(23)21-13-18-20(24)22-16-5-3-4-6-17(16)25-18/h3-10,18H,2,11-13H2,1H3,(H,21,23)(H,22,24). The number of ether oxygens (including phenoxy) is 1. The van der Waals surface area contributed by atoms with Gasteiger partial charge in [0.15, 0.2) is 6.10 Å². The molecule has 1 aliphatic rings. The van der Waals surface area contributed by atoms with Crippen LogP contribution >= 0.6 is 0 Å². The smallest absolute Gasteiger partial charge is 0.267 e. The van der Waals surface area contributed by atoms with Gasteiger partial charge in [0.05, 0.1) is 12.2 Å². The van der Waals surface area contributed by atoms with Crippen molar-refractivity contribution in [3.8, 4) is 5.75 Å². The van der Waals surface area contributed by atoms with E-state index in [-0.39, 0.29) is 18.4 Å². The zero-order valence-electron chi connectivity index (χ0n) is 14.2. The summed E-state index contributed by atoms with van der Waals surface area (Å²) in [4.78, 5) is 24.1. The SMILES string of the molecule is CCc1ccc(CCC(=O)NCC2Oc3ccccc3NC2=O)cc1. The third-order valence-electron chi connectivity index (χ3n) is 4.26. The lowest BCUT2D eigenvalue weighted by Crippen LogP contribution is -2.45. The fourth-order valence-electron chi connectivity index (χ4n) is 2.72. The van der Waals surface area contributed by atoms with E-state index in [4.69, 9.17) is 4.74 Å². The van der Waals surface area contributed by atoms with Gasteiger partial charge in [-0.1, -0.05) is 43.3 Å². The molecule has 1 atom stereocenters. The Hall–Kier alpha value is -2.82. The Kier molecular flexibility index (Phi) is 5.33. The zero-order chi connectivity index (χ0) is 17.6. The van der Waals surface area contributed by atoms with E-state index >= 15 is 0 Å². The van der Waals surface area contributed by atoms with Crippen LogP contribution in [0.25, 0.3) is 0 Å². The third kappa shape index (κ3) is 4.38. The van der Waals surface area contributed by atoms with Crippen molar-refractivity contribution in [2.75, 3.05) is 11.9 Å². The molecule has 130 valence electrons. The van der Waals surface area contributed by atoms with E-state index in [1.807, 2.05) is 12.1 Å². The molecule has 2 aromatic carbocycles. The number of para-hydroxylation sites is 2. The molecule has 0 saturated carbocycles. The minimum atomic E-state index is -0.706. The fraction of sp³-hybridized carbons (Fsp3) is 0.300. The van der Waals surface area contributed by atoms with Gasteiger partial charge in [-0.05, 0) is 36.1 Å². The van der Waals surface area contributed by atoms with Gasteiger partial charge in [0.2, 0.25) is 5.91 Å². The summed E-state index contributed by atoms with van der Waals surface area (Å²) in [5.74, 6) is 0.293. The number of hydrogen-bond acceptors (Lipinski definition) is 3. The number of carbonyl (C=O) groups excluding carboxylic acids is 2. The Morgan fingerprint density at radius 1 is 1.12 bits per heavy atom. The summed E-state index contributed by atoms with van der Waals surface area (Å²) in [6.45, 7) is 2.28. The second kappa shape index (κ2) is 7.83. The predicted octanol–water partition coefficient (Wildman–Crippen LogP) is 2.70. The molecule has 5 nitrogen and oxygen atoms in total. The summed E-state index contributed by atoms with van der Waals surface area (Å²) < 4.78 is 5.66. The lowest BCUT2D eigenvalue weighted by atomic mass is 10.1. The summed E-state index contributed by atoms with van der Waals surface area (Å²) in [6.07, 6.45) is 1.36. The maximum atomic E-state index is 12.0. The largest absolute Gasteiger partial charge is 0.477 e. The Morgan fingerprint density at radius 3 is 2.60 bits per heavy atom. The van der Waals surface area contributed by atoms with Gasteiger partial charge in [0, 0.05) is 6.42 Å². The average molecular weight is 338 g/mol. The highest BCUT2D eigenvalue weighted by Gasteiger charge is 2.27. The summed E-state index contributed by atoms with van der Waals surface area (Å²) >= 11 is 0. The fourth-order valence-corrected chi connectivity index (χ4v) is 2.72. The molecule has 0 bridgehead atoms. The van der Waals surface area contributed by atoms with Crippen molar-refractivity contribution in [3.63, 3.8) is 0 Å². The van der Waals surface area contributed by atoms with Gasteiger partial charge in [-0.25, -0.2) is 0 Å². The Morgan fingerprint density at radius 2 is 1.84 bits per heavy atom.